The van der Waals surface area contributed by atoms with Crippen LogP contribution in [0.25, 0.3) is 0 Å². The zero-order valence-corrected chi connectivity index (χ0v) is 53.8. The molecule has 0 saturated heterocycles. The minimum atomic E-state index is -5.94. The second-order valence-electron chi connectivity index (χ2n) is 21.8. The Labute approximate surface area is 461 Å². The molecule has 0 radical (unpaired) electrons. The lowest BCUT2D eigenvalue weighted by Gasteiger charge is -2.50. The largest absolute Gasteiger partial charge is 0.469 e. The number of hydrogen-bond donors (Lipinski definition) is 0. The van der Waals surface area contributed by atoms with E-state index >= 15 is 42.1 Å². The number of carbonyl (C=O) groups is 1. The standard InChI is InChI=1S/C56H112O12S6/c1-12-17-22-27-32-37-42-49(6)70(58,59)55(69-48-47-54(57)68-11,71(60,61)50(7)43-38-33-28-23-18-13-2)56(72(62,63)51(8)44-39-34-29-24-19-14-3,73(64,65)52(9)45-40-35-30-25-20-15-4)74(66,67)53(10)46-41-36-31-26-21-16-5/h49-53H,12-48H2,1-11H3. The van der Waals surface area contributed by atoms with Gasteiger partial charge in [-0.1, -0.05) is 227 Å². The van der Waals surface area contributed by atoms with Crippen LogP contribution in [0.15, 0.2) is 0 Å². The van der Waals surface area contributed by atoms with Crippen LogP contribution in [0, 0.1) is 0 Å². The van der Waals surface area contributed by atoms with Crippen molar-refractivity contribution in [2.24, 2.45) is 0 Å². The number of thioether (sulfide) groups is 1. The van der Waals surface area contributed by atoms with Crippen molar-refractivity contribution in [1.82, 2.24) is 0 Å². The summed E-state index contributed by atoms with van der Waals surface area (Å²) in [6, 6.07) is 0. The second-order valence-corrected chi connectivity index (χ2v) is 37.2. The summed E-state index contributed by atoms with van der Waals surface area (Å²) in [7, 11) is -28.2. The Hall–Kier alpha value is -0.430. The van der Waals surface area contributed by atoms with Gasteiger partial charge in [-0.25, -0.2) is 42.1 Å². The molecule has 5 unspecified atom stereocenters. The smallest absolute Gasteiger partial charge is 0.315 e. The van der Waals surface area contributed by atoms with Crippen molar-refractivity contribution in [3.05, 3.63) is 0 Å². The Bertz CT molecular complexity index is 1880. The molecule has 0 aliphatic carbocycles. The van der Waals surface area contributed by atoms with Crippen LogP contribution >= 0.6 is 11.8 Å². The van der Waals surface area contributed by atoms with Crippen LogP contribution in [-0.2, 0) is 58.7 Å². The molecule has 0 N–H and O–H groups in total. The van der Waals surface area contributed by atoms with Gasteiger partial charge in [0.05, 0.1) is 39.8 Å². The van der Waals surface area contributed by atoms with Gasteiger partial charge in [0, 0.05) is 5.75 Å². The highest BCUT2D eigenvalue weighted by Gasteiger charge is 2.87. The van der Waals surface area contributed by atoms with Crippen LogP contribution in [0.3, 0.4) is 0 Å². The highest BCUT2D eigenvalue weighted by atomic mass is 32.3. The molecule has 0 heterocycles. The number of rotatable bonds is 50. The number of methoxy groups -OCH3 is 1. The summed E-state index contributed by atoms with van der Waals surface area (Å²) in [5.41, 5.74) is 0. The van der Waals surface area contributed by atoms with Crippen molar-refractivity contribution in [2.45, 2.75) is 333 Å². The first-order valence-corrected chi connectivity index (χ1v) is 38.5. The van der Waals surface area contributed by atoms with E-state index in [9.17, 15) is 4.79 Å². The molecule has 0 bridgehead atoms. The van der Waals surface area contributed by atoms with Crippen molar-refractivity contribution in [1.29, 1.82) is 0 Å². The van der Waals surface area contributed by atoms with Crippen LogP contribution in [0.4, 0.5) is 0 Å². The third kappa shape index (κ3) is 20.3. The lowest BCUT2D eigenvalue weighted by atomic mass is 10.1. The molecule has 0 aromatic rings. The molecule has 5 atom stereocenters. The van der Waals surface area contributed by atoms with Crippen molar-refractivity contribution in [3.8, 4) is 0 Å². The Morgan fingerprint density at radius 3 is 0.770 bits per heavy atom. The summed E-state index contributed by atoms with van der Waals surface area (Å²) < 4.78 is 164. The van der Waals surface area contributed by atoms with E-state index in [1.807, 2.05) is 0 Å². The first-order valence-electron chi connectivity index (χ1n) is 29.7. The summed E-state index contributed by atoms with van der Waals surface area (Å²) in [5, 5.41) is -8.79. The number of esters is 1. The van der Waals surface area contributed by atoms with Crippen LogP contribution in [0.2, 0.25) is 0 Å². The van der Waals surface area contributed by atoms with E-state index in [1.54, 1.807) is 0 Å². The van der Waals surface area contributed by atoms with Crippen LogP contribution in [-0.4, -0.2) is 94.0 Å². The lowest BCUT2D eigenvalue weighted by molar-refractivity contribution is -0.140. The number of carbonyl (C=O) groups excluding carboxylic acids is 1. The molecule has 0 amide bonds. The summed E-state index contributed by atoms with van der Waals surface area (Å²) in [4.78, 5) is 13.1. The Morgan fingerprint density at radius 2 is 0.554 bits per heavy atom. The van der Waals surface area contributed by atoms with Crippen molar-refractivity contribution >= 4 is 66.9 Å². The van der Waals surface area contributed by atoms with Gasteiger partial charge in [0.1, 0.15) is 0 Å². The predicted octanol–water partition coefficient (Wildman–Crippen LogP) is 15.4. The maximum Gasteiger partial charge on any atom is 0.315 e. The van der Waals surface area contributed by atoms with Gasteiger partial charge < -0.3 is 4.74 Å². The van der Waals surface area contributed by atoms with Gasteiger partial charge in [0.25, 0.3) is 3.41 Å². The molecule has 0 saturated carbocycles. The van der Waals surface area contributed by atoms with E-state index in [2.05, 4.69) is 34.6 Å². The van der Waals surface area contributed by atoms with Crippen molar-refractivity contribution in [2.75, 3.05) is 12.9 Å². The average Bonchev–Trinajstić information content (AvgIpc) is 3.35. The molecule has 0 spiro atoms. The number of sulfone groups is 5. The van der Waals surface area contributed by atoms with Crippen LogP contribution in [0.1, 0.15) is 300 Å². The Kier molecular flexibility index (Phi) is 38.0. The molecule has 0 aliphatic rings. The molecule has 18 heteroatoms. The molecule has 74 heavy (non-hydrogen) atoms. The van der Waals surface area contributed by atoms with E-state index in [0.29, 0.717) is 32.1 Å². The Morgan fingerprint density at radius 1 is 0.351 bits per heavy atom. The number of hydrogen-bond acceptors (Lipinski definition) is 13. The average molecular weight is 1170 g/mol. The van der Waals surface area contributed by atoms with Crippen LogP contribution in [0.5, 0.6) is 0 Å². The third-order valence-corrected chi connectivity index (χ3v) is 37.2. The fourth-order valence-corrected chi connectivity index (χ4v) is 35.5. The van der Waals surface area contributed by atoms with Gasteiger partial charge in [-0.15, -0.1) is 11.8 Å². The second kappa shape index (κ2) is 38.3. The van der Waals surface area contributed by atoms with Gasteiger partial charge in [0.15, 0.2) is 49.2 Å². The minimum Gasteiger partial charge on any atom is -0.469 e. The normalized spacial score (nSPS) is 16.7. The molecule has 444 valence electrons. The molecular formula is C56H112O12S6. The molecule has 0 rings (SSSR count). The lowest BCUT2D eigenvalue weighted by Crippen LogP contribution is -2.76. The maximum atomic E-state index is 16.8. The Balaban J connectivity index is 9.56. The number of ether oxygens (including phenoxy) is 1. The third-order valence-electron chi connectivity index (χ3n) is 15.5. The van der Waals surface area contributed by atoms with Crippen LogP contribution < -0.4 is 0 Å². The zero-order valence-electron chi connectivity index (χ0n) is 48.9. The highest BCUT2D eigenvalue weighted by molar-refractivity contribution is 8.36. The van der Waals surface area contributed by atoms with Crippen molar-refractivity contribution < 1.29 is 51.6 Å². The monoisotopic (exact) mass is 1170 g/mol. The molecule has 12 nitrogen and oxygen atoms in total. The molecule has 0 aliphatic heterocycles. The van der Waals surface area contributed by atoms with Gasteiger partial charge in [0.2, 0.25) is 0 Å². The minimum absolute atomic E-state index is 0.0217. The topological polar surface area (TPSA) is 197 Å². The van der Waals surface area contributed by atoms with E-state index < -0.39 is 100 Å². The summed E-state index contributed by atoms with van der Waals surface area (Å²) in [6.07, 6.45) is 20.3. The molecule has 0 fully saturated rings. The predicted molar refractivity (Wildman–Crippen MR) is 316 cm³/mol. The highest BCUT2D eigenvalue weighted by Crippen LogP contribution is 2.61. The fourth-order valence-electron chi connectivity index (χ4n) is 10.3. The fraction of sp³-hybridized carbons (Fsp3) is 0.982. The summed E-state index contributed by atoms with van der Waals surface area (Å²) in [5.74, 6) is -1.63. The van der Waals surface area contributed by atoms with Gasteiger partial charge >= 0.3 is 9.38 Å². The molecular weight excluding hydrogens is 1060 g/mol. The zero-order chi connectivity index (χ0) is 56.5. The number of unbranched alkanes of at least 4 members (excludes halogenated alkanes) is 25. The molecule has 0 aromatic carbocycles. The van der Waals surface area contributed by atoms with Gasteiger partial charge in [-0.3, -0.25) is 4.79 Å². The molecule has 0 aromatic heterocycles. The van der Waals surface area contributed by atoms with E-state index in [4.69, 9.17) is 4.74 Å². The first-order chi connectivity index (χ1) is 34.9. The maximum absolute atomic E-state index is 16.8. The SMILES string of the molecule is CCCCCCCCC(C)S(=O)(=O)C(SCCC(=O)OC)(C(S(=O)(=O)C(C)CCCCCCCC)(S(=O)(=O)C(C)CCCCCCCC)S(=O)(=O)C(C)CCCCCCCC)S(=O)(=O)C(C)CCCCCCCC. The van der Waals surface area contributed by atoms with E-state index in [1.165, 1.54) is 34.6 Å². The van der Waals surface area contributed by atoms with Gasteiger partial charge in [-0.2, -0.15) is 0 Å². The summed E-state index contributed by atoms with van der Waals surface area (Å²) >= 11 is 0.0217. The summed E-state index contributed by atoms with van der Waals surface area (Å²) in [6.45, 7) is 16.6. The van der Waals surface area contributed by atoms with E-state index in [-0.39, 0.29) is 76.0 Å². The van der Waals surface area contributed by atoms with Crippen molar-refractivity contribution in [3.63, 3.8) is 0 Å². The quantitative estimate of drug-likeness (QED) is 0.0412. The van der Waals surface area contributed by atoms with E-state index in [0.717, 1.165) is 136 Å². The van der Waals surface area contributed by atoms with Gasteiger partial charge in [-0.05, 0) is 66.7 Å². The first kappa shape index (κ1) is 73.6.